The van der Waals surface area contributed by atoms with Crippen molar-refractivity contribution < 1.29 is 9.63 Å². The second kappa shape index (κ2) is 3.85. The summed E-state index contributed by atoms with van der Waals surface area (Å²) in [6, 6.07) is 8.09. The van der Waals surface area contributed by atoms with E-state index in [-0.39, 0.29) is 12.4 Å². The molecule has 0 unspecified atom stereocenters. The quantitative estimate of drug-likeness (QED) is 0.692. The van der Waals surface area contributed by atoms with Crippen molar-refractivity contribution in [2.45, 2.75) is 26.2 Å². The molecule has 1 aromatic rings. The summed E-state index contributed by atoms with van der Waals surface area (Å²) in [5, 5.41) is 3.73. The normalized spacial score (nSPS) is 15.4. The molecule has 1 aromatic carbocycles. The monoisotopic (exact) mass is 203 g/mol. The second-order valence-electron chi connectivity index (χ2n) is 3.95. The van der Waals surface area contributed by atoms with E-state index in [1.807, 2.05) is 12.1 Å². The van der Waals surface area contributed by atoms with E-state index in [4.69, 9.17) is 0 Å². The molecule has 1 heterocycles. The molecule has 0 aliphatic carbocycles. The highest BCUT2D eigenvalue weighted by atomic mass is 16.7. The summed E-state index contributed by atoms with van der Waals surface area (Å²) < 4.78 is 0. The lowest BCUT2D eigenvalue weighted by Gasteiger charge is -2.05. The number of nitrogens with zero attached hydrogens (tertiary/aromatic N) is 1. The molecule has 0 N–H and O–H groups in total. The number of benzene rings is 1. The van der Waals surface area contributed by atoms with Gasteiger partial charge in [0.1, 0.15) is 0 Å². The molecule has 1 aliphatic heterocycles. The predicted molar refractivity (Wildman–Crippen MR) is 57.8 cm³/mol. The smallest absolute Gasteiger partial charge is 0.318 e. The highest BCUT2D eigenvalue weighted by Gasteiger charge is 2.18. The lowest BCUT2D eigenvalue weighted by molar-refractivity contribution is -0.140. The van der Waals surface area contributed by atoms with E-state index in [0.717, 1.165) is 11.3 Å². The molecule has 0 radical (unpaired) electrons. The summed E-state index contributed by atoms with van der Waals surface area (Å²) in [5.41, 5.74) is 2.96. The van der Waals surface area contributed by atoms with Gasteiger partial charge >= 0.3 is 5.97 Å². The topological polar surface area (TPSA) is 38.7 Å². The van der Waals surface area contributed by atoms with Crippen LogP contribution in [0.15, 0.2) is 29.4 Å². The van der Waals surface area contributed by atoms with Crippen LogP contribution in [0.4, 0.5) is 0 Å². The van der Waals surface area contributed by atoms with Crippen LogP contribution in [0.1, 0.15) is 37.3 Å². The number of hydrogen-bond acceptors (Lipinski definition) is 3. The maximum absolute atomic E-state index is 10.9. The van der Waals surface area contributed by atoms with Crippen molar-refractivity contribution in [1.29, 1.82) is 0 Å². The molecule has 0 atom stereocenters. The minimum Gasteiger partial charge on any atom is -0.318 e. The van der Waals surface area contributed by atoms with Crippen LogP contribution in [0.3, 0.4) is 0 Å². The fourth-order valence-corrected chi connectivity index (χ4v) is 1.52. The number of oxime groups is 1. The Morgan fingerprint density at radius 2 is 1.93 bits per heavy atom. The minimum atomic E-state index is -0.280. The van der Waals surface area contributed by atoms with E-state index in [2.05, 4.69) is 36.0 Å². The van der Waals surface area contributed by atoms with E-state index in [1.54, 1.807) is 0 Å². The van der Waals surface area contributed by atoms with Crippen molar-refractivity contribution in [2.24, 2.45) is 5.16 Å². The van der Waals surface area contributed by atoms with E-state index >= 15 is 0 Å². The van der Waals surface area contributed by atoms with Crippen molar-refractivity contribution in [1.82, 2.24) is 0 Å². The summed E-state index contributed by atoms with van der Waals surface area (Å²) in [5.74, 6) is 0.236. The van der Waals surface area contributed by atoms with Crippen molar-refractivity contribution in [3.63, 3.8) is 0 Å². The van der Waals surface area contributed by atoms with Gasteiger partial charge < -0.3 is 4.84 Å². The Hall–Kier alpha value is -1.64. The maximum atomic E-state index is 10.9. The fourth-order valence-electron chi connectivity index (χ4n) is 1.52. The molecule has 0 saturated carbocycles. The Labute approximate surface area is 88.7 Å². The van der Waals surface area contributed by atoms with E-state index in [0.29, 0.717) is 5.92 Å². The Bertz CT molecular complexity index is 404. The van der Waals surface area contributed by atoms with E-state index < -0.39 is 0 Å². The predicted octanol–water partition coefficient (Wildman–Crippen LogP) is 2.46. The lowest BCUT2D eigenvalue weighted by atomic mass is 10.00. The molecule has 0 aromatic heterocycles. The second-order valence-corrected chi connectivity index (χ2v) is 3.95. The Kier molecular flexibility index (Phi) is 2.54. The Morgan fingerprint density at radius 3 is 2.40 bits per heavy atom. The molecule has 0 amide bonds. The van der Waals surface area contributed by atoms with E-state index in [1.165, 1.54) is 5.56 Å². The van der Waals surface area contributed by atoms with Crippen LogP contribution in [0.25, 0.3) is 0 Å². The largest absolute Gasteiger partial charge is 0.341 e. The van der Waals surface area contributed by atoms with Gasteiger partial charge in [-0.25, -0.2) is 4.79 Å². The number of rotatable bonds is 2. The minimum absolute atomic E-state index is 0.279. The van der Waals surface area contributed by atoms with Crippen molar-refractivity contribution in [2.75, 3.05) is 0 Å². The van der Waals surface area contributed by atoms with Crippen molar-refractivity contribution >= 4 is 11.7 Å². The fraction of sp³-hybridized carbons (Fsp3) is 0.333. The van der Waals surface area contributed by atoms with Gasteiger partial charge in [-0.15, -0.1) is 0 Å². The van der Waals surface area contributed by atoms with Gasteiger partial charge in [0, 0.05) is 0 Å². The standard InChI is InChI=1S/C12H13NO2/c1-8(2)9-3-5-10(6-4-9)11-7-12(14)15-13-11/h3-6,8H,7H2,1-2H3. The van der Waals surface area contributed by atoms with Crippen LogP contribution in [-0.2, 0) is 9.63 Å². The number of carbonyl (C=O) groups excluding carboxylic acids is 1. The van der Waals surface area contributed by atoms with Crippen LogP contribution >= 0.6 is 0 Å². The zero-order valence-electron chi connectivity index (χ0n) is 8.86. The third-order valence-electron chi connectivity index (χ3n) is 2.48. The Balaban J connectivity index is 2.21. The van der Waals surface area contributed by atoms with Crippen molar-refractivity contribution in [3.8, 4) is 0 Å². The molecule has 0 saturated heterocycles. The molecule has 3 heteroatoms. The Morgan fingerprint density at radius 1 is 1.27 bits per heavy atom. The van der Waals surface area contributed by atoms with Gasteiger partial charge in [-0.05, 0) is 17.0 Å². The SMILES string of the molecule is CC(C)c1ccc(C2=NOC(=O)C2)cc1. The van der Waals surface area contributed by atoms with Crippen LogP contribution < -0.4 is 0 Å². The molecule has 2 rings (SSSR count). The van der Waals surface area contributed by atoms with Crippen LogP contribution in [-0.4, -0.2) is 11.7 Å². The number of hydrogen-bond donors (Lipinski definition) is 0. The van der Waals surface area contributed by atoms with Crippen LogP contribution in [0.5, 0.6) is 0 Å². The lowest BCUT2D eigenvalue weighted by Crippen LogP contribution is -2.00. The highest BCUT2D eigenvalue weighted by Crippen LogP contribution is 2.17. The summed E-state index contributed by atoms with van der Waals surface area (Å²) in [6.07, 6.45) is 0.279. The third-order valence-corrected chi connectivity index (χ3v) is 2.48. The summed E-state index contributed by atoms with van der Waals surface area (Å²) in [6.45, 7) is 4.30. The summed E-state index contributed by atoms with van der Waals surface area (Å²) in [4.78, 5) is 15.4. The summed E-state index contributed by atoms with van der Waals surface area (Å²) >= 11 is 0. The molecule has 0 spiro atoms. The molecule has 3 nitrogen and oxygen atoms in total. The van der Waals surface area contributed by atoms with Crippen LogP contribution in [0.2, 0.25) is 0 Å². The third kappa shape index (κ3) is 2.06. The number of carbonyl (C=O) groups is 1. The highest BCUT2D eigenvalue weighted by molar-refractivity contribution is 6.11. The first-order valence-corrected chi connectivity index (χ1v) is 5.04. The van der Waals surface area contributed by atoms with E-state index in [9.17, 15) is 4.79 Å². The van der Waals surface area contributed by atoms with Gasteiger partial charge in [0.15, 0.2) is 0 Å². The summed E-state index contributed by atoms with van der Waals surface area (Å²) in [7, 11) is 0. The average molecular weight is 203 g/mol. The first-order chi connectivity index (χ1) is 7.16. The van der Waals surface area contributed by atoms with Gasteiger partial charge in [-0.1, -0.05) is 43.3 Å². The molecule has 0 fully saturated rings. The zero-order chi connectivity index (χ0) is 10.8. The van der Waals surface area contributed by atoms with Gasteiger partial charge in [-0.2, -0.15) is 0 Å². The molecule has 78 valence electrons. The molecular weight excluding hydrogens is 190 g/mol. The van der Waals surface area contributed by atoms with Crippen LogP contribution in [0, 0.1) is 0 Å². The maximum Gasteiger partial charge on any atom is 0.341 e. The van der Waals surface area contributed by atoms with Gasteiger partial charge in [-0.3, -0.25) is 0 Å². The van der Waals surface area contributed by atoms with Gasteiger partial charge in [0.25, 0.3) is 0 Å². The molecule has 0 bridgehead atoms. The molecular formula is C12H13NO2. The van der Waals surface area contributed by atoms with Gasteiger partial charge in [0.2, 0.25) is 0 Å². The average Bonchev–Trinajstić information content (AvgIpc) is 2.65. The van der Waals surface area contributed by atoms with Gasteiger partial charge in [0.05, 0.1) is 12.1 Å². The molecule has 1 aliphatic rings. The van der Waals surface area contributed by atoms with Crippen molar-refractivity contribution in [3.05, 3.63) is 35.4 Å². The zero-order valence-corrected chi connectivity index (χ0v) is 8.86. The molecule has 15 heavy (non-hydrogen) atoms. The first kappa shape index (κ1) is 9.90. The first-order valence-electron chi connectivity index (χ1n) is 5.04.